The number of amides is 1. The molecule has 6 nitrogen and oxygen atoms in total. The SMILES string of the molecule is CC(C)(C)OC(=O)N1Cc2cc(S(=O)(=O)CC3CC3)ccc2C1O. The second-order valence-corrected chi connectivity index (χ2v) is 9.60. The van der Waals surface area contributed by atoms with E-state index < -0.39 is 27.8 Å². The molecule has 7 heteroatoms. The van der Waals surface area contributed by atoms with E-state index in [0.717, 1.165) is 12.8 Å². The number of aliphatic hydroxyl groups excluding tert-OH is 1. The minimum Gasteiger partial charge on any atom is -0.444 e. The highest BCUT2D eigenvalue weighted by Crippen LogP contribution is 2.36. The molecule has 0 saturated heterocycles. The van der Waals surface area contributed by atoms with Gasteiger partial charge >= 0.3 is 6.09 Å². The number of sulfone groups is 1. The third kappa shape index (κ3) is 3.57. The normalized spacial score (nSPS) is 20.8. The monoisotopic (exact) mass is 353 g/mol. The van der Waals surface area contributed by atoms with Crippen molar-refractivity contribution in [1.82, 2.24) is 4.90 Å². The summed E-state index contributed by atoms with van der Waals surface area (Å²) in [6, 6.07) is 4.67. The molecule has 0 bridgehead atoms. The number of fused-ring (bicyclic) bond motifs is 1. The van der Waals surface area contributed by atoms with Crippen molar-refractivity contribution in [2.75, 3.05) is 5.75 Å². The Morgan fingerprint density at radius 1 is 1.33 bits per heavy atom. The minimum atomic E-state index is -3.32. The molecular formula is C17H23NO5S. The molecule has 1 N–H and O–H groups in total. The van der Waals surface area contributed by atoms with Crippen LogP contribution in [0.4, 0.5) is 4.79 Å². The van der Waals surface area contributed by atoms with Crippen molar-refractivity contribution >= 4 is 15.9 Å². The Labute approximate surface area is 142 Å². The number of nitrogens with zero attached hydrogens (tertiary/aromatic N) is 1. The lowest BCUT2D eigenvalue weighted by molar-refractivity contribution is -0.0257. The van der Waals surface area contributed by atoms with Crippen LogP contribution in [0.5, 0.6) is 0 Å². The number of benzene rings is 1. The third-order valence-corrected chi connectivity index (χ3v) is 6.05. The molecule has 1 heterocycles. The van der Waals surface area contributed by atoms with Gasteiger partial charge in [-0.15, -0.1) is 0 Å². The van der Waals surface area contributed by atoms with Crippen LogP contribution in [-0.2, 0) is 21.1 Å². The van der Waals surface area contributed by atoms with Gasteiger partial charge in [0, 0.05) is 5.56 Å². The maximum atomic E-state index is 12.4. The van der Waals surface area contributed by atoms with Gasteiger partial charge in [0.25, 0.3) is 0 Å². The van der Waals surface area contributed by atoms with Crippen molar-refractivity contribution in [1.29, 1.82) is 0 Å². The van der Waals surface area contributed by atoms with Crippen LogP contribution in [0.1, 0.15) is 51.0 Å². The number of ether oxygens (including phenoxy) is 1. The van der Waals surface area contributed by atoms with Crippen molar-refractivity contribution in [2.45, 2.75) is 56.9 Å². The topological polar surface area (TPSA) is 83.9 Å². The fourth-order valence-corrected chi connectivity index (χ4v) is 4.52. The first-order valence-electron chi connectivity index (χ1n) is 8.10. The van der Waals surface area contributed by atoms with Crippen LogP contribution in [0.3, 0.4) is 0 Å². The van der Waals surface area contributed by atoms with Gasteiger partial charge in [-0.1, -0.05) is 6.07 Å². The summed E-state index contributed by atoms with van der Waals surface area (Å²) in [4.78, 5) is 13.7. The zero-order chi connectivity index (χ0) is 17.7. The zero-order valence-corrected chi connectivity index (χ0v) is 15.0. The van der Waals surface area contributed by atoms with E-state index in [1.54, 1.807) is 32.9 Å². The molecule has 1 saturated carbocycles. The molecule has 3 rings (SSSR count). The number of rotatable bonds is 3. The van der Waals surface area contributed by atoms with Gasteiger partial charge in [0.2, 0.25) is 0 Å². The van der Waals surface area contributed by atoms with E-state index in [0.29, 0.717) is 11.1 Å². The molecular weight excluding hydrogens is 330 g/mol. The molecule has 1 atom stereocenters. The van der Waals surface area contributed by atoms with Crippen LogP contribution in [0.15, 0.2) is 23.1 Å². The lowest BCUT2D eigenvalue weighted by atomic mass is 10.1. The molecule has 0 aromatic heterocycles. The maximum absolute atomic E-state index is 12.4. The van der Waals surface area contributed by atoms with Crippen molar-refractivity contribution < 1.29 is 23.1 Å². The fraction of sp³-hybridized carbons (Fsp3) is 0.588. The number of aliphatic hydroxyl groups is 1. The summed E-state index contributed by atoms with van der Waals surface area (Å²) in [7, 11) is -3.32. The maximum Gasteiger partial charge on any atom is 0.412 e. The lowest BCUT2D eigenvalue weighted by Gasteiger charge is -2.26. The van der Waals surface area contributed by atoms with Gasteiger partial charge in [0.05, 0.1) is 17.2 Å². The highest BCUT2D eigenvalue weighted by Gasteiger charge is 2.36. The molecule has 0 radical (unpaired) electrons. The quantitative estimate of drug-likeness (QED) is 0.903. The molecule has 132 valence electrons. The highest BCUT2D eigenvalue weighted by atomic mass is 32.2. The Kier molecular flexibility index (Phi) is 4.12. The third-order valence-electron chi connectivity index (χ3n) is 4.17. The van der Waals surface area contributed by atoms with Gasteiger partial charge in [0.1, 0.15) is 5.60 Å². The summed E-state index contributed by atoms with van der Waals surface area (Å²) in [5.74, 6) is 0.441. The average molecular weight is 353 g/mol. The molecule has 24 heavy (non-hydrogen) atoms. The van der Waals surface area contributed by atoms with E-state index >= 15 is 0 Å². The number of carbonyl (C=O) groups is 1. The van der Waals surface area contributed by atoms with Gasteiger partial charge in [-0.3, -0.25) is 4.90 Å². The number of carbonyl (C=O) groups excluding carboxylic acids is 1. The molecule has 1 unspecified atom stereocenters. The molecule has 1 amide bonds. The minimum absolute atomic E-state index is 0.137. The van der Waals surface area contributed by atoms with E-state index in [2.05, 4.69) is 0 Å². The highest BCUT2D eigenvalue weighted by molar-refractivity contribution is 7.91. The second kappa shape index (κ2) is 5.74. The number of hydrogen-bond donors (Lipinski definition) is 1. The molecule has 2 aliphatic rings. The predicted octanol–water partition coefficient (Wildman–Crippen LogP) is 2.61. The molecule has 1 fully saturated rings. The van der Waals surface area contributed by atoms with Gasteiger partial charge in [-0.25, -0.2) is 13.2 Å². The van der Waals surface area contributed by atoms with Crippen LogP contribution in [0.25, 0.3) is 0 Å². The van der Waals surface area contributed by atoms with E-state index in [-0.39, 0.29) is 23.1 Å². The van der Waals surface area contributed by atoms with Crippen LogP contribution in [-0.4, -0.2) is 35.9 Å². The van der Waals surface area contributed by atoms with Crippen molar-refractivity contribution in [3.63, 3.8) is 0 Å². The first kappa shape index (κ1) is 17.2. The summed E-state index contributed by atoms with van der Waals surface area (Å²) in [6.45, 7) is 5.40. The summed E-state index contributed by atoms with van der Waals surface area (Å²) in [6.07, 6.45) is 0.202. The van der Waals surface area contributed by atoms with Crippen LogP contribution in [0, 0.1) is 5.92 Å². The molecule has 1 aliphatic heterocycles. The first-order chi connectivity index (χ1) is 11.1. The summed E-state index contributed by atoms with van der Waals surface area (Å²) >= 11 is 0. The molecule has 0 spiro atoms. The van der Waals surface area contributed by atoms with Gasteiger partial charge in [0.15, 0.2) is 16.1 Å². The zero-order valence-electron chi connectivity index (χ0n) is 14.2. The van der Waals surface area contributed by atoms with Crippen molar-refractivity contribution in [3.8, 4) is 0 Å². The summed E-state index contributed by atoms with van der Waals surface area (Å²) in [5.41, 5.74) is 0.529. The van der Waals surface area contributed by atoms with Crippen LogP contribution in [0.2, 0.25) is 0 Å². The van der Waals surface area contributed by atoms with E-state index in [9.17, 15) is 18.3 Å². The van der Waals surface area contributed by atoms with E-state index in [1.807, 2.05) is 0 Å². The predicted molar refractivity (Wildman–Crippen MR) is 88.0 cm³/mol. The average Bonchev–Trinajstić information content (AvgIpc) is 3.18. The summed E-state index contributed by atoms with van der Waals surface area (Å²) in [5, 5.41) is 10.3. The second-order valence-electron chi connectivity index (χ2n) is 7.57. The van der Waals surface area contributed by atoms with Crippen LogP contribution >= 0.6 is 0 Å². The Bertz CT molecular complexity index is 762. The number of hydrogen-bond acceptors (Lipinski definition) is 5. The first-order valence-corrected chi connectivity index (χ1v) is 9.75. The lowest BCUT2D eigenvalue weighted by Crippen LogP contribution is -2.35. The Morgan fingerprint density at radius 3 is 2.58 bits per heavy atom. The molecule has 1 aliphatic carbocycles. The van der Waals surface area contributed by atoms with Gasteiger partial charge < -0.3 is 9.84 Å². The Hall–Kier alpha value is -1.60. The Morgan fingerprint density at radius 2 is 2.00 bits per heavy atom. The van der Waals surface area contributed by atoms with Crippen molar-refractivity contribution in [2.24, 2.45) is 5.92 Å². The molecule has 1 aromatic carbocycles. The molecule has 1 aromatic rings. The van der Waals surface area contributed by atoms with Gasteiger partial charge in [-0.05, 0) is 57.2 Å². The van der Waals surface area contributed by atoms with Crippen LogP contribution < -0.4 is 0 Å². The standard InChI is InChI=1S/C17H23NO5S/c1-17(2,3)23-16(20)18-9-12-8-13(6-7-14(12)15(18)19)24(21,22)10-11-4-5-11/h6-8,11,15,19H,4-5,9-10H2,1-3H3. The van der Waals surface area contributed by atoms with E-state index in [1.165, 1.54) is 11.0 Å². The smallest absolute Gasteiger partial charge is 0.412 e. The van der Waals surface area contributed by atoms with Gasteiger partial charge in [-0.2, -0.15) is 0 Å². The van der Waals surface area contributed by atoms with Crippen molar-refractivity contribution in [3.05, 3.63) is 29.3 Å². The fourth-order valence-electron chi connectivity index (χ4n) is 2.78. The largest absolute Gasteiger partial charge is 0.444 e. The Balaban J connectivity index is 1.81. The van der Waals surface area contributed by atoms with E-state index in [4.69, 9.17) is 4.74 Å². The summed E-state index contributed by atoms with van der Waals surface area (Å²) < 4.78 is 30.1.